The van der Waals surface area contributed by atoms with E-state index in [0.717, 1.165) is 23.5 Å². The van der Waals surface area contributed by atoms with Crippen LogP contribution in [0.5, 0.6) is 0 Å². The van der Waals surface area contributed by atoms with Crippen molar-refractivity contribution in [2.24, 2.45) is 0 Å². The number of rotatable bonds is 4. The van der Waals surface area contributed by atoms with Gasteiger partial charge in [-0.3, -0.25) is 4.79 Å². The first-order chi connectivity index (χ1) is 8.50. The van der Waals surface area contributed by atoms with E-state index in [1.165, 1.54) is 12.5 Å². The maximum atomic E-state index is 11.9. The zero-order valence-electron chi connectivity index (χ0n) is 10.1. The molecule has 1 aliphatic rings. The van der Waals surface area contributed by atoms with Crippen molar-refractivity contribution in [3.63, 3.8) is 0 Å². The molecule has 1 aromatic rings. The lowest BCUT2D eigenvalue weighted by Crippen LogP contribution is -2.36. The third-order valence-electron chi connectivity index (χ3n) is 2.96. The van der Waals surface area contributed by atoms with Crippen LogP contribution in [-0.4, -0.2) is 34.0 Å². The molecule has 2 N–H and O–H groups in total. The molecular formula is C12H15NO3S2. The molecule has 0 saturated carbocycles. The lowest BCUT2D eigenvalue weighted by molar-refractivity contribution is 0.0702. The summed E-state index contributed by atoms with van der Waals surface area (Å²) in [6.45, 7) is 2.79. The van der Waals surface area contributed by atoms with Gasteiger partial charge in [0.05, 0.1) is 4.88 Å². The summed E-state index contributed by atoms with van der Waals surface area (Å²) < 4.78 is 0.128. The third-order valence-corrected chi connectivity index (χ3v) is 5.57. The standard InChI is InChI=1S/C12H15NO3S2/c1-12(5-2-6-17-12)7-13-10(14)8-3-4-9(18-8)11(15)16/h3-4H,2,5-7H2,1H3,(H,13,14)(H,15,16). The van der Waals surface area contributed by atoms with Gasteiger partial charge in [-0.2, -0.15) is 11.8 Å². The van der Waals surface area contributed by atoms with Crippen molar-refractivity contribution in [2.45, 2.75) is 24.5 Å². The molecular weight excluding hydrogens is 270 g/mol. The predicted molar refractivity (Wildman–Crippen MR) is 73.7 cm³/mol. The summed E-state index contributed by atoms with van der Waals surface area (Å²) >= 11 is 2.90. The molecule has 1 aliphatic heterocycles. The van der Waals surface area contributed by atoms with Crippen molar-refractivity contribution in [3.8, 4) is 0 Å². The van der Waals surface area contributed by atoms with E-state index in [9.17, 15) is 9.59 Å². The second-order valence-corrected chi connectivity index (χ2v) is 7.32. The molecule has 0 aliphatic carbocycles. The van der Waals surface area contributed by atoms with Crippen LogP contribution in [0.15, 0.2) is 12.1 Å². The minimum absolute atomic E-state index is 0.128. The van der Waals surface area contributed by atoms with Gasteiger partial charge in [0.15, 0.2) is 0 Å². The van der Waals surface area contributed by atoms with Gasteiger partial charge < -0.3 is 10.4 Å². The maximum Gasteiger partial charge on any atom is 0.345 e. The number of carboxylic acid groups (broad SMARTS) is 1. The first-order valence-electron chi connectivity index (χ1n) is 5.75. The lowest BCUT2D eigenvalue weighted by Gasteiger charge is -2.22. The molecule has 2 heterocycles. The maximum absolute atomic E-state index is 11.9. The number of thioether (sulfide) groups is 1. The molecule has 0 spiro atoms. The van der Waals surface area contributed by atoms with Gasteiger partial charge in [0.1, 0.15) is 4.88 Å². The van der Waals surface area contributed by atoms with Crippen LogP contribution in [0.3, 0.4) is 0 Å². The van der Waals surface area contributed by atoms with Crippen LogP contribution >= 0.6 is 23.1 Å². The number of carbonyl (C=O) groups excluding carboxylic acids is 1. The summed E-state index contributed by atoms with van der Waals surface area (Å²) in [7, 11) is 0. The highest BCUT2D eigenvalue weighted by atomic mass is 32.2. The van der Waals surface area contributed by atoms with Crippen LogP contribution in [-0.2, 0) is 0 Å². The Morgan fingerprint density at radius 2 is 2.17 bits per heavy atom. The second-order valence-electron chi connectivity index (χ2n) is 4.55. The number of thiophene rings is 1. The first kappa shape index (κ1) is 13.4. The summed E-state index contributed by atoms with van der Waals surface area (Å²) in [6, 6.07) is 3.03. The van der Waals surface area contributed by atoms with Gasteiger partial charge >= 0.3 is 5.97 Å². The van der Waals surface area contributed by atoms with Gasteiger partial charge in [0.2, 0.25) is 0 Å². The number of amides is 1. The number of hydrogen-bond donors (Lipinski definition) is 2. The molecule has 0 radical (unpaired) electrons. The molecule has 0 aromatic carbocycles. The van der Waals surface area contributed by atoms with Gasteiger partial charge in [-0.1, -0.05) is 0 Å². The molecule has 98 valence electrons. The molecule has 18 heavy (non-hydrogen) atoms. The topological polar surface area (TPSA) is 66.4 Å². The summed E-state index contributed by atoms with van der Waals surface area (Å²) in [4.78, 5) is 23.3. The van der Waals surface area contributed by atoms with Gasteiger partial charge in [-0.25, -0.2) is 4.79 Å². The minimum atomic E-state index is -0.989. The van der Waals surface area contributed by atoms with E-state index in [4.69, 9.17) is 5.11 Å². The Hall–Kier alpha value is -1.01. The molecule has 1 aromatic heterocycles. The SMILES string of the molecule is CC1(CNC(=O)c2ccc(C(=O)O)s2)CCCS1. The number of carbonyl (C=O) groups is 2. The lowest BCUT2D eigenvalue weighted by atomic mass is 10.1. The smallest absolute Gasteiger partial charge is 0.345 e. The van der Waals surface area contributed by atoms with E-state index in [-0.39, 0.29) is 15.5 Å². The fourth-order valence-electron chi connectivity index (χ4n) is 1.91. The quantitative estimate of drug-likeness (QED) is 0.892. The highest BCUT2D eigenvalue weighted by Gasteiger charge is 2.30. The Kier molecular flexibility index (Phi) is 3.97. The number of nitrogens with one attached hydrogen (secondary N) is 1. The fraction of sp³-hybridized carbons (Fsp3) is 0.500. The van der Waals surface area contributed by atoms with Crippen LogP contribution in [0.4, 0.5) is 0 Å². The van der Waals surface area contributed by atoms with Crippen molar-refractivity contribution < 1.29 is 14.7 Å². The molecule has 1 fully saturated rings. The number of carboxylic acids is 1. The van der Waals surface area contributed by atoms with E-state index >= 15 is 0 Å². The van der Waals surface area contributed by atoms with Crippen molar-refractivity contribution in [3.05, 3.63) is 21.9 Å². The Balaban J connectivity index is 1.93. The van der Waals surface area contributed by atoms with Crippen LogP contribution < -0.4 is 5.32 Å². The van der Waals surface area contributed by atoms with E-state index < -0.39 is 5.97 Å². The highest BCUT2D eigenvalue weighted by molar-refractivity contribution is 8.00. The second kappa shape index (κ2) is 5.32. The molecule has 1 atom stereocenters. The first-order valence-corrected chi connectivity index (χ1v) is 7.56. The monoisotopic (exact) mass is 285 g/mol. The molecule has 0 bridgehead atoms. The Labute approximate surface area is 114 Å². The van der Waals surface area contributed by atoms with Crippen molar-refractivity contribution in [1.82, 2.24) is 5.32 Å². The van der Waals surface area contributed by atoms with E-state index in [2.05, 4.69) is 12.2 Å². The summed E-state index contributed by atoms with van der Waals surface area (Å²) in [6.07, 6.45) is 2.31. The molecule has 2 rings (SSSR count). The van der Waals surface area contributed by atoms with E-state index in [1.807, 2.05) is 11.8 Å². The van der Waals surface area contributed by atoms with Gasteiger partial charge in [-0.05, 0) is 37.7 Å². The molecule has 1 saturated heterocycles. The molecule has 1 amide bonds. The number of hydrogen-bond acceptors (Lipinski definition) is 4. The Morgan fingerprint density at radius 1 is 1.44 bits per heavy atom. The van der Waals surface area contributed by atoms with Gasteiger partial charge in [0.25, 0.3) is 5.91 Å². The average molecular weight is 285 g/mol. The van der Waals surface area contributed by atoms with Gasteiger partial charge in [-0.15, -0.1) is 11.3 Å². The Morgan fingerprint density at radius 3 is 2.72 bits per heavy atom. The predicted octanol–water partition coefficient (Wildman–Crippen LogP) is 2.46. The van der Waals surface area contributed by atoms with Crippen LogP contribution in [0, 0.1) is 0 Å². The van der Waals surface area contributed by atoms with Gasteiger partial charge in [0, 0.05) is 11.3 Å². The largest absolute Gasteiger partial charge is 0.477 e. The Bertz CT molecular complexity index is 464. The normalized spacial score (nSPS) is 22.9. The summed E-state index contributed by atoms with van der Waals surface area (Å²) in [5.74, 6) is -0.0206. The minimum Gasteiger partial charge on any atom is -0.477 e. The van der Waals surface area contributed by atoms with Crippen molar-refractivity contribution in [1.29, 1.82) is 0 Å². The summed E-state index contributed by atoms with van der Waals surface area (Å²) in [5.41, 5.74) is 0. The van der Waals surface area contributed by atoms with Crippen LogP contribution in [0.1, 0.15) is 39.1 Å². The molecule has 1 unspecified atom stereocenters. The molecule has 4 nitrogen and oxygen atoms in total. The zero-order chi connectivity index (χ0) is 13.2. The van der Waals surface area contributed by atoms with E-state index in [0.29, 0.717) is 11.4 Å². The van der Waals surface area contributed by atoms with Crippen LogP contribution in [0.25, 0.3) is 0 Å². The van der Waals surface area contributed by atoms with Crippen molar-refractivity contribution >= 4 is 35.0 Å². The van der Waals surface area contributed by atoms with Crippen molar-refractivity contribution in [2.75, 3.05) is 12.3 Å². The third kappa shape index (κ3) is 3.05. The molecule has 6 heteroatoms. The zero-order valence-corrected chi connectivity index (χ0v) is 11.7. The van der Waals surface area contributed by atoms with E-state index in [1.54, 1.807) is 6.07 Å². The summed E-state index contributed by atoms with van der Waals surface area (Å²) in [5, 5.41) is 11.7. The highest BCUT2D eigenvalue weighted by Crippen LogP contribution is 2.37. The van der Waals surface area contributed by atoms with Crippen LogP contribution in [0.2, 0.25) is 0 Å². The number of aromatic carboxylic acids is 1. The average Bonchev–Trinajstić information content (AvgIpc) is 2.95. The fourth-order valence-corrected chi connectivity index (χ4v) is 3.91.